The Labute approximate surface area is 99.2 Å². The summed E-state index contributed by atoms with van der Waals surface area (Å²) in [6, 6.07) is 4.90. The van der Waals surface area contributed by atoms with Crippen LogP contribution in [0.5, 0.6) is 5.75 Å². The Kier molecular flexibility index (Phi) is 4.20. The molecule has 0 saturated heterocycles. The molecule has 0 heterocycles. The van der Waals surface area contributed by atoms with Crippen LogP contribution < -0.4 is 4.74 Å². The van der Waals surface area contributed by atoms with Gasteiger partial charge in [0.05, 0.1) is 25.3 Å². The average Bonchev–Trinajstić information content (AvgIpc) is 2.28. The molecule has 4 nitrogen and oxygen atoms in total. The van der Waals surface area contributed by atoms with Gasteiger partial charge < -0.3 is 9.47 Å². The van der Waals surface area contributed by atoms with Crippen molar-refractivity contribution in [2.24, 2.45) is 0 Å². The molecule has 0 aliphatic carbocycles. The number of hydrogen-bond acceptors (Lipinski definition) is 5. The standard InChI is InChI=1S/C11H11NO3S/c1-3-15-11(13)8-4-7(6-12)5-9(16)10(8)14-2/h4-5,16H,3H2,1-2H3. The van der Waals surface area contributed by atoms with E-state index in [0.29, 0.717) is 16.2 Å². The van der Waals surface area contributed by atoms with Gasteiger partial charge in [0.25, 0.3) is 0 Å². The Morgan fingerprint density at radius 2 is 2.25 bits per heavy atom. The van der Waals surface area contributed by atoms with Crippen LogP contribution in [0.3, 0.4) is 0 Å². The van der Waals surface area contributed by atoms with Crippen LogP contribution >= 0.6 is 12.6 Å². The summed E-state index contributed by atoms with van der Waals surface area (Å²) in [7, 11) is 1.43. The van der Waals surface area contributed by atoms with Crippen LogP contribution in [0.25, 0.3) is 0 Å². The highest BCUT2D eigenvalue weighted by Gasteiger charge is 2.17. The molecule has 0 spiro atoms. The fraction of sp³-hybridized carbons (Fsp3) is 0.273. The van der Waals surface area contributed by atoms with E-state index in [1.807, 2.05) is 6.07 Å². The Morgan fingerprint density at radius 3 is 2.75 bits per heavy atom. The summed E-state index contributed by atoms with van der Waals surface area (Å²) in [4.78, 5) is 12.0. The second-order valence-electron chi connectivity index (χ2n) is 2.91. The molecule has 0 radical (unpaired) electrons. The fourth-order valence-corrected chi connectivity index (χ4v) is 1.60. The van der Waals surface area contributed by atoms with E-state index in [-0.39, 0.29) is 12.2 Å². The molecule has 0 bridgehead atoms. The first-order valence-electron chi connectivity index (χ1n) is 4.62. The number of nitriles is 1. The third kappa shape index (κ3) is 2.47. The van der Waals surface area contributed by atoms with Gasteiger partial charge >= 0.3 is 5.97 Å². The van der Waals surface area contributed by atoms with Crippen molar-refractivity contribution < 1.29 is 14.3 Å². The largest absolute Gasteiger partial charge is 0.495 e. The molecular weight excluding hydrogens is 226 g/mol. The van der Waals surface area contributed by atoms with Gasteiger partial charge in [0, 0.05) is 4.90 Å². The molecule has 0 aliphatic heterocycles. The topological polar surface area (TPSA) is 59.3 Å². The first kappa shape index (κ1) is 12.4. The van der Waals surface area contributed by atoms with Gasteiger partial charge in [0.1, 0.15) is 11.3 Å². The van der Waals surface area contributed by atoms with Crippen molar-refractivity contribution in [3.05, 3.63) is 23.3 Å². The van der Waals surface area contributed by atoms with E-state index in [0.717, 1.165) is 0 Å². The number of ether oxygens (including phenoxy) is 2. The van der Waals surface area contributed by atoms with Gasteiger partial charge in [-0.05, 0) is 19.1 Å². The number of carbonyl (C=O) groups is 1. The lowest BCUT2D eigenvalue weighted by molar-refractivity contribution is 0.0522. The van der Waals surface area contributed by atoms with Crippen LogP contribution in [0.4, 0.5) is 0 Å². The molecule has 0 atom stereocenters. The predicted octanol–water partition coefficient (Wildman–Crippen LogP) is 2.03. The van der Waals surface area contributed by atoms with Crippen molar-refractivity contribution in [3.8, 4) is 11.8 Å². The summed E-state index contributed by atoms with van der Waals surface area (Å²) in [6.45, 7) is 1.97. The van der Waals surface area contributed by atoms with Gasteiger partial charge in [-0.25, -0.2) is 4.79 Å². The number of carbonyl (C=O) groups excluding carboxylic acids is 1. The minimum atomic E-state index is -0.522. The zero-order valence-electron chi connectivity index (χ0n) is 8.98. The molecule has 16 heavy (non-hydrogen) atoms. The molecule has 1 aromatic rings. The monoisotopic (exact) mass is 237 g/mol. The number of rotatable bonds is 3. The lowest BCUT2D eigenvalue weighted by Crippen LogP contribution is -2.07. The van der Waals surface area contributed by atoms with E-state index >= 15 is 0 Å². The Morgan fingerprint density at radius 1 is 1.56 bits per heavy atom. The Bertz CT molecular complexity index is 451. The molecule has 0 fully saturated rings. The minimum absolute atomic E-state index is 0.216. The second-order valence-corrected chi connectivity index (χ2v) is 3.39. The smallest absolute Gasteiger partial charge is 0.341 e. The third-order valence-corrected chi connectivity index (χ3v) is 2.23. The minimum Gasteiger partial charge on any atom is -0.495 e. The van der Waals surface area contributed by atoms with Crippen molar-refractivity contribution in [1.29, 1.82) is 5.26 Å². The van der Waals surface area contributed by atoms with E-state index in [2.05, 4.69) is 12.6 Å². The van der Waals surface area contributed by atoms with E-state index in [1.165, 1.54) is 19.2 Å². The lowest BCUT2D eigenvalue weighted by atomic mass is 10.1. The summed E-state index contributed by atoms with van der Waals surface area (Å²) < 4.78 is 9.92. The molecule has 0 aromatic heterocycles. The van der Waals surface area contributed by atoms with Gasteiger partial charge in [-0.3, -0.25) is 0 Å². The first-order chi connectivity index (χ1) is 7.63. The van der Waals surface area contributed by atoms with Gasteiger partial charge in [-0.1, -0.05) is 0 Å². The molecule has 1 rings (SSSR count). The molecule has 0 aliphatic rings. The normalized spacial score (nSPS) is 9.38. The fourth-order valence-electron chi connectivity index (χ4n) is 1.25. The van der Waals surface area contributed by atoms with Crippen molar-refractivity contribution in [3.63, 3.8) is 0 Å². The molecule has 1 aromatic carbocycles. The molecule has 0 N–H and O–H groups in total. The van der Waals surface area contributed by atoms with Gasteiger partial charge in [-0.2, -0.15) is 5.26 Å². The quantitative estimate of drug-likeness (QED) is 0.645. The van der Waals surface area contributed by atoms with Gasteiger partial charge in [0.2, 0.25) is 0 Å². The highest BCUT2D eigenvalue weighted by Crippen LogP contribution is 2.29. The highest BCUT2D eigenvalue weighted by molar-refractivity contribution is 7.80. The maximum absolute atomic E-state index is 11.6. The number of esters is 1. The zero-order chi connectivity index (χ0) is 12.1. The van der Waals surface area contributed by atoms with E-state index in [9.17, 15) is 4.79 Å². The summed E-state index contributed by atoms with van der Waals surface area (Å²) in [6.07, 6.45) is 0. The summed E-state index contributed by atoms with van der Waals surface area (Å²) >= 11 is 4.15. The summed E-state index contributed by atoms with van der Waals surface area (Å²) in [5, 5.41) is 8.78. The van der Waals surface area contributed by atoms with Crippen LogP contribution in [-0.4, -0.2) is 19.7 Å². The average molecular weight is 237 g/mol. The van der Waals surface area contributed by atoms with Crippen molar-refractivity contribution in [2.45, 2.75) is 11.8 Å². The van der Waals surface area contributed by atoms with Crippen LogP contribution in [0, 0.1) is 11.3 Å². The maximum atomic E-state index is 11.6. The summed E-state index contributed by atoms with van der Waals surface area (Å²) in [5.41, 5.74) is 0.558. The van der Waals surface area contributed by atoms with Gasteiger partial charge in [0.15, 0.2) is 0 Å². The number of hydrogen-bond donors (Lipinski definition) is 1. The summed E-state index contributed by atoms with van der Waals surface area (Å²) in [5.74, 6) is -0.201. The number of methoxy groups -OCH3 is 1. The van der Waals surface area contributed by atoms with Crippen LogP contribution in [-0.2, 0) is 4.74 Å². The molecule has 84 valence electrons. The zero-order valence-corrected chi connectivity index (χ0v) is 9.88. The van der Waals surface area contributed by atoms with Gasteiger partial charge in [-0.15, -0.1) is 12.6 Å². The van der Waals surface area contributed by atoms with E-state index < -0.39 is 5.97 Å². The first-order valence-corrected chi connectivity index (χ1v) is 5.07. The third-order valence-electron chi connectivity index (χ3n) is 1.90. The van der Waals surface area contributed by atoms with Crippen LogP contribution in [0.15, 0.2) is 17.0 Å². The lowest BCUT2D eigenvalue weighted by Gasteiger charge is -2.10. The maximum Gasteiger partial charge on any atom is 0.341 e. The van der Waals surface area contributed by atoms with E-state index in [1.54, 1.807) is 6.92 Å². The number of benzene rings is 1. The Hall–Kier alpha value is -1.67. The van der Waals surface area contributed by atoms with Crippen LogP contribution in [0.2, 0.25) is 0 Å². The molecule has 0 unspecified atom stereocenters. The van der Waals surface area contributed by atoms with Crippen molar-refractivity contribution in [1.82, 2.24) is 0 Å². The van der Waals surface area contributed by atoms with Crippen LogP contribution in [0.1, 0.15) is 22.8 Å². The second kappa shape index (κ2) is 5.42. The highest BCUT2D eigenvalue weighted by atomic mass is 32.1. The SMILES string of the molecule is CCOC(=O)c1cc(C#N)cc(S)c1OC. The van der Waals surface area contributed by atoms with Crippen molar-refractivity contribution in [2.75, 3.05) is 13.7 Å². The predicted molar refractivity (Wildman–Crippen MR) is 60.9 cm³/mol. The molecule has 0 saturated carbocycles. The van der Waals surface area contributed by atoms with E-state index in [4.69, 9.17) is 14.7 Å². The molecular formula is C11H11NO3S. The molecule has 5 heteroatoms. The number of thiol groups is 1. The van der Waals surface area contributed by atoms with Crippen molar-refractivity contribution >= 4 is 18.6 Å². The number of nitrogens with zero attached hydrogens (tertiary/aromatic N) is 1. The molecule has 0 amide bonds. The Balaban J connectivity index is 3.29.